The third-order valence-electron chi connectivity index (χ3n) is 4.52. The second kappa shape index (κ2) is 7.72. The van der Waals surface area contributed by atoms with Crippen LogP contribution in [-0.4, -0.2) is 29.8 Å². The molecule has 0 N–H and O–H groups in total. The lowest BCUT2D eigenvalue weighted by Gasteiger charge is -2.31. The fourth-order valence-electron chi connectivity index (χ4n) is 3.03. The minimum absolute atomic E-state index is 0.970. The molecule has 118 valence electrons. The molecule has 1 unspecified atom stereocenters. The second-order valence-corrected chi connectivity index (χ2v) is 15.1. The maximum atomic E-state index is 5.99. The van der Waals surface area contributed by atoms with Crippen LogP contribution in [0.2, 0.25) is 31.7 Å². The van der Waals surface area contributed by atoms with Crippen molar-refractivity contribution >= 4 is 21.8 Å². The molecule has 2 saturated heterocycles. The molecular weight excluding hydrogens is 292 g/mol. The molecule has 2 aliphatic rings. The third-order valence-corrected chi connectivity index (χ3v) is 10.8. The van der Waals surface area contributed by atoms with E-state index in [0.717, 1.165) is 13.2 Å². The fourth-order valence-corrected chi connectivity index (χ4v) is 7.99. The van der Waals surface area contributed by atoms with Crippen LogP contribution in [-0.2, 0) is 8.85 Å². The van der Waals surface area contributed by atoms with E-state index in [-0.39, 0.29) is 0 Å². The molecule has 0 aliphatic carbocycles. The third kappa shape index (κ3) is 5.36. The molecule has 2 heterocycles. The van der Waals surface area contributed by atoms with Crippen LogP contribution < -0.4 is 5.19 Å². The van der Waals surface area contributed by atoms with Crippen molar-refractivity contribution in [3.05, 3.63) is 30.3 Å². The summed E-state index contributed by atoms with van der Waals surface area (Å²) in [6.45, 7) is 8.93. The molecule has 0 aromatic heterocycles. The Bertz CT molecular complexity index is 406. The highest BCUT2D eigenvalue weighted by Gasteiger charge is 2.33. The van der Waals surface area contributed by atoms with E-state index in [0.29, 0.717) is 0 Å². The average molecular weight is 323 g/mol. The maximum Gasteiger partial charge on any atom is 0.221 e. The molecule has 0 radical (unpaired) electrons. The van der Waals surface area contributed by atoms with Crippen LogP contribution >= 0.6 is 0 Å². The number of rotatable bonds is 1. The highest BCUT2D eigenvalue weighted by atomic mass is 28.4. The lowest BCUT2D eigenvalue weighted by molar-refractivity contribution is 0.275. The van der Waals surface area contributed by atoms with Crippen molar-refractivity contribution in [1.82, 2.24) is 0 Å². The Morgan fingerprint density at radius 3 is 1.81 bits per heavy atom. The summed E-state index contributed by atoms with van der Waals surface area (Å²) in [4.78, 5) is 0. The zero-order valence-electron chi connectivity index (χ0n) is 13.9. The van der Waals surface area contributed by atoms with Gasteiger partial charge in [0.25, 0.3) is 0 Å². The van der Waals surface area contributed by atoms with Crippen LogP contribution in [0.15, 0.2) is 30.3 Å². The minimum atomic E-state index is -1.51. The van der Waals surface area contributed by atoms with Gasteiger partial charge in [-0.05, 0) is 49.8 Å². The van der Waals surface area contributed by atoms with Crippen LogP contribution in [0.25, 0.3) is 0 Å². The van der Waals surface area contributed by atoms with Gasteiger partial charge in [0.2, 0.25) is 8.32 Å². The van der Waals surface area contributed by atoms with E-state index >= 15 is 0 Å². The molecule has 0 spiro atoms. The second-order valence-electron chi connectivity index (χ2n) is 6.97. The van der Waals surface area contributed by atoms with Gasteiger partial charge in [-0.3, -0.25) is 0 Å². The van der Waals surface area contributed by atoms with Gasteiger partial charge >= 0.3 is 0 Å². The fraction of sp³-hybridized carbons (Fsp3) is 0.647. The van der Waals surface area contributed by atoms with Crippen molar-refractivity contribution in [2.45, 2.75) is 57.4 Å². The molecule has 21 heavy (non-hydrogen) atoms. The number of benzene rings is 1. The maximum absolute atomic E-state index is 5.99. The largest absolute Gasteiger partial charge is 0.417 e. The summed E-state index contributed by atoms with van der Waals surface area (Å²) in [5.74, 6) is 0. The van der Waals surface area contributed by atoms with Crippen molar-refractivity contribution in [2.75, 3.05) is 13.2 Å². The standard InChI is InChI=1S/C11H16OSi.C6H14OSi/c1-13(10-6-5-9-12-13)11-7-3-2-4-8-11;1-8(2)6-4-3-5-7-8/h2-4,7-8H,5-6,9-10H2,1H3;3-6H2,1-2H3. The van der Waals surface area contributed by atoms with Gasteiger partial charge in [-0.25, -0.2) is 0 Å². The van der Waals surface area contributed by atoms with E-state index in [4.69, 9.17) is 8.85 Å². The van der Waals surface area contributed by atoms with Gasteiger partial charge in [0.1, 0.15) is 0 Å². The Hall–Kier alpha value is -0.426. The molecule has 3 rings (SSSR count). The molecule has 2 aliphatic heterocycles. The quantitative estimate of drug-likeness (QED) is 0.718. The lowest BCUT2D eigenvalue weighted by Crippen LogP contribution is -2.49. The van der Waals surface area contributed by atoms with Gasteiger partial charge in [-0.15, -0.1) is 0 Å². The average Bonchev–Trinajstić information content (AvgIpc) is 2.49. The zero-order chi connectivity index (χ0) is 15.2. The molecule has 0 amide bonds. The van der Waals surface area contributed by atoms with E-state index in [2.05, 4.69) is 50.0 Å². The Morgan fingerprint density at radius 2 is 1.38 bits per heavy atom. The van der Waals surface area contributed by atoms with Gasteiger partial charge in [0, 0.05) is 13.2 Å². The van der Waals surface area contributed by atoms with Crippen molar-refractivity contribution < 1.29 is 8.85 Å². The number of hydrogen-bond donors (Lipinski definition) is 0. The molecule has 2 fully saturated rings. The summed E-state index contributed by atoms with van der Waals surface area (Å²) in [6.07, 6.45) is 5.28. The van der Waals surface area contributed by atoms with Crippen LogP contribution in [0, 0.1) is 0 Å². The molecule has 0 saturated carbocycles. The highest BCUT2D eigenvalue weighted by Crippen LogP contribution is 2.21. The van der Waals surface area contributed by atoms with Crippen LogP contribution in [0.4, 0.5) is 0 Å². The Kier molecular flexibility index (Phi) is 6.23. The first-order valence-corrected chi connectivity index (χ1v) is 14.1. The molecule has 1 aromatic rings. The predicted molar refractivity (Wildman–Crippen MR) is 95.2 cm³/mol. The van der Waals surface area contributed by atoms with E-state index in [1.54, 1.807) is 0 Å². The van der Waals surface area contributed by atoms with E-state index < -0.39 is 16.6 Å². The van der Waals surface area contributed by atoms with Crippen LogP contribution in [0.5, 0.6) is 0 Å². The molecule has 1 aromatic carbocycles. The summed E-state index contributed by atoms with van der Waals surface area (Å²) < 4.78 is 11.6. The van der Waals surface area contributed by atoms with Crippen molar-refractivity contribution in [2.24, 2.45) is 0 Å². The van der Waals surface area contributed by atoms with Gasteiger partial charge < -0.3 is 8.85 Å². The van der Waals surface area contributed by atoms with Gasteiger partial charge in [-0.1, -0.05) is 43.2 Å². The minimum Gasteiger partial charge on any atom is -0.417 e. The molecule has 0 bridgehead atoms. The van der Waals surface area contributed by atoms with E-state index in [1.807, 2.05) is 0 Å². The van der Waals surface area contributed by atoms with E-state index in [1.165, 1.54) is 43.0 Å². The van der Waals surface area contributed by atoms with Crippen molar-refractivity contribution in [3.63, 3.8) is 0 Å². The highest BCUT2D eigenvalue weighted by molar-refractivity contribution is 6.85. The first kappa shape index (κ1) is 16.9. The monoisotopic (exact) mass is 322 g/mol. The van der Waals surface area contributed by atoms with Crippen molar-refractivity contribution in [1.29, 1.82) is 0 Å². The zero-order valence-corrected chi connectivity index (χ0v) is 15.9. The summed E-state index contributed by atoms with van der Waals surface area (Å²) in [6, 6.07) is 13.4. The first-order valence-electron chi connectivity index (χ1n) is 8.35. The summed E-state index contributed by atoms with van der Waals surface area (Å²) >= 11 is 0. The van der Waals surface area contributed by atoms with Crippen LogP contribution in [0.1, 0.15) is 25.7 Å². The Balaban J connectivity index is 0.000000173. The predicted octanol–water partition coefficient (Wildman–Crippen LogP) is 4.28. The first-order chi connectivity index (χ1) is 10.0. The molecule has 1 atom stereocenters. The SMILES string of the molecule is C[Si]1(C)CCCCO1.C[Si]1(c2ccccc2)CCCCO1. The summed E-state index contributed by atoms with van der Waals surface area (Å²) in [5.41, 5.74) is 0. The lowest BCUT2D eigenvalue weighted by atomic mass is 10.3. The smallest absolute Gasteiger partial charge is 0.221 e. The normalized spacial score (nSPS) is 28.3. The molecular formula is C17H30O2Si2. The summed E-state index contributed by atoms with van der Waals surface area (Å²) in [5, 5.41) is 1.45. The topological polar surface area (TPSA) is 18.5 Å². The molecule has 2 nitrogen and oxygen atoms in total. The van der Waals surface area contributed by atoms with Gasteiger partial charge in [0.05, 0.1) is 0 Å². The molecule has 4 heteroatoms. The van der Waals surface area contributed by atoms with Gasteiger partial charge in [0.15, 0.2) is 8.32 Å². The Morgan fingerprint density at radius 1 is 0.762 bits per heavy atom. The summed E-state index contributed by atoms with van der Waals surface area (Å²) in [7, 11) is -2.60. The van der Waals surface area contributed by atoms with E-state index in [9.17, 15) is 0 Å². The van der Waals surface area contributed by atoms with Crippen molar-refractivity contribution in [3.8, 4) is 0 Å². The van der Waals surface area contributed by atoms with Gasteiger partial charge in [-0.2, -0.15) is 0 Å². The number of hydrogen-bond acceptors (Lipinski definition) is 2. The Labute approximate surface area is 132 Å². The van der Waals surface area contributed by atoms with Crippen LogP contribution in [0.3, 0.4) is 0 Å².